The molecule has 0 aliphatic carbocycles. The number of hydrogen-bond acceptors (Lipinski definition) is 8. The third kappa shape index (κ3) is 3.62. The molecule has 1 fully saturated rings. The van der Waals surface area contributed by atoms with Gasteiger partial charge in [-0.05, 0) is 34.4 Å². The van der Waals surface area contributed by atoms with Crippen LogP contribution in [0.2, 0.25) is 0 Å². The highest BCUT2D eigenvalue weighted by atomic mass is 127. The lowest BCUT2D eigenvalue weighted by molar-refractivity contribution is -0.0459. The standard InChI is InChI=1S/C15H18FIN4O4S/c1-6(2)26-15(23)25-11-8(4-22)24-14(10(11)16)21-3-7(17)9-12(18)19-5-20-13(9)21/h3,5-6,8,10-11,14,22H,4H2,1-2H3,(H2,18,19,20)/t8-,10?,11+,14-/m1/s1. The minimum atomic E-state index is -1.67. The molecule has 3 heterocycles. The number of carbonyl (C=O) groups is 1. The zero-order chi connectivity index (χ0) is 19.0. The van der Waals surface area contributed by atoms with Gasteiger partial charge in [0.1, 0.15) is 23.9 Å². The van der Waals surface area contributed by atoms with E-state index in [0.29, 0.717) is 11.0 Å². The van der Waals surface area contributed by atoms with E-state index in [1.807, 2.05) is 13.8 Å². The molecule has 1 aliphatic rings. The molecule has 8 nitrogen and oxygen atoms in total. The van der Waals surface area contributed by atoms with Crippen molar-refractivity contribution in [3.63, 3.8) is 0 Å². The quantitative estimate of drug-likeness (QED) is 0.491. The van der Waals surface area contributed by atoms with Crippen molar-refractivity contribution in [2.45, 2.75) is 43.7 Å². The van der Waals surface area contributed by atoms with Crippen molar-refractivity contribution in [2.75, 3.05) is 12.3 Å². The summed E-state index contributed by atoms with van der Waals surface area (Å²) in [5, 5.41) is 9.53. The van der Waals surface area contributed by atoms with Gasteiger partial charge in [0.25, 0.3) is 0 Å². The Labute approximate surface area is 166 Å². The molecule has 11 heteroatoms. The number of halogens is 2. The fraction of sp³-hybridized carbons (Fsp3) is 0.533. The van der Waals surface area contributed by atoms with E-state index >= 15 is 4.39 Å². The van der Waals surface area contributed by atoms with Gasteiger partial charge in [0.15, 0.2) is 18.5 Å². The summed E-state index contributed by atoms with van der Waals surface area (Å²) in [5.41, 5.74) is 6.29. The van der Waals surface area contributed by atoms with E-state index in [4.69, 9.17) is 15.2 Å². The number of nitrogens with zero attached hydrogens (tertiary/aromatic N) is 3. The number of hydrogen-bond donors (Lipinski definition) is 2. The van der Waals surface area contributed by atoms with Crippen LogP contribution in [-0.4, -0.2) is 55.2 Å². The normalized spacial score (nSPS) is 25.9. The maximum atomic E-state index is 15.1. The number of nitrogens with two attached hydrogens (primary N) is 1. The average Bonchev–Trinajstić information content (AvgIpc) is 3.06. The van der Waals surface area contributed by atoms with Crippen molar-refractivity contribution in [3.8, 4) is 0 Å². The topological polar surface area (TPSA) is 112 Å². The number of aliphatic hydroxyl groups is 1. The van der Waals surface area contributed by atoms with Crippen molar-refractivity contribution >= 4 is 56.5 Å². The van der Waals surface area contributed by atoms with Crippen LogP contribution >= 0.6 is 34.4 Å². The molecule has 3 N–H and O–H groups in total. The van der Waals surface area contributed by atoms with Crippen LogP contribution in [0.5, 0.6) is 0 Å². The smallest absolute Gasteiger partial charge is 0.368 e. The predicted octanol–water partition coefficient (Wildman–Crippen LogP) is 2.49. The molecule has 0 radical (unpaired) electrons. The molecule has 26 heavy (non-hydrogen) atoms. The number of nitrogen functional groups attached to an aromatic ring is 1. The van der Waals surface area contributed by atoms with E-state index in [0.717, 1.165) is 15.3 Å². The number of aromatic nitrogens is 3. The lowest BCUT2D eigenvalue weighted by atomic mass is 10.1. The van der Waals surface area contributed by atoms with Crippen molar-refractivity contribution < 1.29 is 23.8 Å². The minimum absolute atomic E-state index is 0.000835. The van der Waals surface area contributed by atoms with Crippen LogP contribution in [-0.2, 0) is 9.47 Å². The summed E-state index contributed by atoms with van der Waals surface area (Å²) in [6.07, 6.45) is -2.03. The number of rotatable bonds is 4. The van der Waals surface area contributed by atoms with Crippen LogP contribution in [0.3, 0.4) is 0 Å². The number of aliphatic hydroxyl groups excluding tert-OH is 1. The third-order valence-electron chi connectivity index (χ3n) is 3.88. The average molecular weight is 496 g/mol. The highest BCUT2D eigenvalue weighted by molar-refractivity contribution is 14.1. The van der Waals surface area contributed by atoms with Crippen LogP contribution in [0.25, 0.3) is 11.0 Å². The van der Waals surface area contributed by atoms with Gasteiger partial charge in [0, 0.05) is 15.0 Å². The number of fused-ring (bicyclic) bond motifs is 1. The molecule has 142 valence electrons. The number of ether oxygens (including phenoxy) is 2. The van der Waals surface area contributed by atoms with E-state index < -0.39 is 36.5 Å². The van der Waals surface area contributed by atoms with Crippen LogP contribution in [0.4, 0.5) is 15.0 Å². The molecule has 1 unspecified atom stereocenters. The second-order valence-electron chi connectivity index (χ2n) is 6.03. The molecule has 0 amide bonds. The van der Waals surface area contributed by atoms with Gasteiger partial charge in [-0.3, -0.25) is 0 Å². The Morgan fingerprint density at radius 2 is 2.31 bits per heavy atom. The summed E-state index contributed by atoms with van der Waals surface area (Å²) >= 11 is 3.01. The molecule has 2 aromatic heterocycles. The van der Waals surface area contributed by atoms with Crippen molar-refractivity contribution in [1.82, 2.24) is 14.5 Å². The third-order valence-corrected chi connectivity index (χ3v) is 5.46. The Balaban J connectivity index is 1.90. The second-order valence-corrected chi connectivity index (χ2v) is 8.71. The van der Waals surface area contributed by atoms with Gasteiger partial charge in [-0.25, -0.2) is 19.2 Å². The van der Waals surface area contributed by atoms with Crippen LogP contribution in [0, 0.1) is 3.57 Å². The van der Waals surface area contributed by atoms with Gasteiger partial charge < -0.3 is 24.9 Å². The fourth-order valence-electron chi connectivity index (χ4n) is 2.79. The molecule has 3 rings (SSSR count). The summed E-state index contributed by atoms with van der Waals surface area (Å²) in [5.74, 6) is 0.279. The first-order chi connectivity index (χ1) is 12.3. The second kappa shape index (κ2) is 7.82. The number of carbonyl (C=O) groups excluding carboxylic acids is 1. The van der Waals surface area contributed by atoms with Crippen molar-refractivity contribution in [2.24, 2.45) is 0 Å². The Kier molecular flexibility index (Phi) is 5.89. The molecule has 2 aromatic rings. The Bertz CT molecular complexity index is 820. The summed E-state index contributed by atoms with van der Waals surface area (Å²) < 4.78 is 28.2. The molecule has 1 aliphatic heterocycles. The molecular formula is C15H18FIN4O4S. The molecular weight excluding hydrogens is 478 g/mol. The molecule has 0 aromatic carbocycles. The van der Waals surface area contributed by atoms with Gasteiger partial charge in [-0.1, -0.05) is 13.8 Å². The van der Waals surface area contributed by atoms with Gasteiger partial charge >= 0.3 is 5.30 Å². The first kappa shape index (κ1) is 19.6. The maximum absolute atomic E-state index is 15.1. The number of anilines is 1. The maximum Gasteiger partial charge on any atom is 0.368 e. The first-order valence-corrected chi connectivity index (χ1v) is 9.83. The molecule has 1 saturated heterocycles. The van der Waals surface area contributed by atoms with E-state index in [1.54, 1.807) is 6.20 Å². The molecule has 0 spiro atoms. The monoisotopic (exact) mass is 496 g/mol. The number of thioether (sulfide) groups is 1. The highest BCUT2D eigenvalue weighted by Gasteiger charge is 2.49. The van der Waals surface area contributed by atoms with E-state index in [2.05, 4.69) is 32.6 Å². The summed E-state index contributed by atoms with van der Waals surface area (Å²) in [6.45, 7) is 3.18. The summed E-state index contributed by atoms with van der Waals surface area (Å²) in [7, 11) is 0. The first-order valence-electron chi connectivity index (χ1n) is 7.87. The molecule has 0 saturated carbocycles. The fourth-order valence-corrected chi connectivity index (χ4v) is 4.16. The van der Waals surface area contributed by atoms with Gasteiger partial charge in [-0.2, -0.15) is 0 Å². The zero-order valence-electron chi connectivity index (χ0n) is 14.0. The highest BCUT2D eigenvalue weighted by Crippen LogP contribution is 2.38. The zero-order valence-corrected chi connectivity index (χ0v) is 17.0. The largest absolute Gasteiger partial charge is 0.448 e. The Morgan fingerprint density at radius 1 is 1.58 bits per heavy atom. The molecule has 0 bridgehead atoms. The molecule has 4 atom stereocenters. The summed E-state index contributed by atoms with van der Waals surface area (Å²) in [4.78, 5) is 20.0. The van der Waals surface area contributed by atoms with Gasteiger partial charge in [-0.15, -0.1) is 0 Å². The van der Waals surface area contributed by atoms with Gasteiger partial charge in [0.2, 0.25) is 0 Å². The Morgan fingerprint density at radius 3 is 2.96 bits per heavy atom. The Hall–Kier alpha value is -1.18. The van der Waals surface area contributed by atoms with E-state index in [9.17, 15) is 9.90 Å². The summed E-state index contributed by atoms with van der Waals surface area (Å²) in [6, 6.07) is 0. The van der Waals surface area contributed by atoms with Crippen molar-refractivity contribution in [1.29, 1.82) is 0 Å². The minimum Gasteiger partial charge on any atom is -0.448 e. The number of alkyl halides is 1. The SMILES string of the molecule is CC(C)SC(=O)O[C@@H]1C(F)[C@H](n2cc(I)c3c(N)ncnc32)O[C@@H]1CO. The lowest BCUT2D eigenvalue weighted by Crippen LogP contribution is -2.35. The van der Waals surface area contributed by atoms with E-state index in [-0.39, 0.29) is 11.1 Å². The van der Waals surface area contributed by atoms with Gasteiger partial charge in [0.05, 0.1) is 12.0 Å². The predicted molar refractivity (Wildman–Crippen MR) is 104 cm³/mol. The lowest BCUT2D eigenvalue weighted by Gasteiger charge is -2.18. The van der Waals surface area contributed by atoms with Crippen molar-refractivity contribution in [3.05, 3.63) is 16.1 Å². The van der Waals surface area contributed by atoms with Crippen LogP contribution in [0.1, 0.15) is 20.1 Å². The van der Waals surface area contributed by atoms with Crippen LogP contribution in [0.15, 0.2) is 12.5 Å². The van der Waals surface area contributed by atoms with E-state index in [1.165, 1.54) is 10.9 Å². The van der Waals surface area contributed by atoms with Crippen LogP contribution < -0.4 is 5.73 Å².